The van der Waals surface area contributed by atoms with Crippen molar-refractivity contribution >= 4 is 11.8 Å². The van der Waals surface area contributed by atoms with Crippen LogP contribution in [0.5, 0.6) is 0 Å². The Morgan fingerprint density at radius 2 is 1.78 bits per heavy atom. The molecule has 0 aliphatic carbocycles. The molecule has 1 aliphatic rings. The summed E-state index contributed by atoms with van der Waals surface area (Å²) < 4.78 is 0. The van der Waals surface area contributed by atoms with Crippen molar-refractivity contribution in [3.63, 3.8) is 0 Å². The van der Waals surface area contributed by atoms with Crippen LogP contribution in [0, 0.1) is 12.8 Å². The minimum Gasteiger partial charge on any atom is -0.326 e. The van der Waals surface area contributed by atoms with Crippen LogP contribution in [-0.4, -0.2) is 29.3 Å². The van der Waals surface area contributed by atoms with Crippen LogP contribution in [0.3, 0.4) is 0 Å². The maximum atomic E-state index is 12.2. The molecular formula is C14H18N2O2. The van der Waals surface area contributed by atoms with Gasteiger partial charge >= 0.3 is 0 Å². The van der Waals surface area contributed by atoms with Crippen LogP contribution in [0.4, 0.5) is 0 Å². The third-order valence-electron chi connectivity index (χ3n) is 3.38. The molecule has 0 saturated heterocycles. The molecule has 0 saturated carbocycles. The number of imide groups is 1. The van der Waals surface area contributed by atoms with Crippen LogP contribution in [0.25, 0.3) is 0 Å². The number of aryl methyl sites for hydroxylation is 1. The van der Waals surface area contributed by atoms with Gasteiger partial charge in [-0.25, -0.2) is 0 Å². The fourth-order valence-electron chi connectivity index (χ4n) is 1.99. The second-order valence-electron chi connectivity index (χ2n) is 5.18. The second-order valence-corrected chi connectivity index (χ2v) is 5.18. The van der Waals surface area contributed by atoms with E-state index in [1.54, 1.807) is 12.1 Å². The third kappa shape index (κ3) is 2.04. The van der Waals surface area contributed by atoms with E-state index in [4.69, 9.17) is 5.73 Å². The maximum absolute atomic E-state index is 12.2. The number of benzene rings is 1. The lowest BCUT2D eigenvalue weighted by Crippen LogP contribution is -2.43. The fourth-order valence-corrected chi connectivity index (χ4v) is 1.99. The molecular weight excluding hydrogens is 228 g/mol. The molecule has 1 unspecified atom stereocenters. The number of amides is 2. The van der Waals surface area contributed by atoms with Gasteiger partial charge in [0, 0.05) is 12.6 Å². The summed E-state index contributed by atoms with van der Waals surface area (Å²) in [5, 5.41) is 0. The van der Waals surface area contributed by atoms with E-state index in [1.165, 1.54) is 4.90 Å². The predicted molar refractivity (Wildman–Crippen MR) is 69.4 cm³/mol. The van der Waals surface area contributed by atoms with Gasteiger partial charge in [-0.1, -0.05) is 25.5 Å². The van der Waals surface area contributed by atoms with E-state index >= 15 is 0 Å². The zero-order chi connectivity index (χ0) is 13.4. The maximum Gasteiger partial charge on any atom is 0.261 e. The van der Waals surface area contributed by atoms with Crippen LogP contribution >= 0.6 is 0 Å². The van der Waals surface area contributed by atoms with Crippen molar-refractivity contribution in [1.82, 2.24) is 4.90 Å². The van der Waals surface area contributed by atoms with Gasteiger partial charge in [-0.2, -0.15) is 0 Å². The first-order valence-corrected chi connectivity index (χ1v) is 6.14. The Morgan fingerprint density at radius 1 is 1.17 bits per heavy atom. The quantitative estimate of drug-likeness (QED) is 0.823. The molecule has 4 nitrogen and oxygen atoms in total. The molecule has 1 heterocycles. The van der Waals surface area contributed by atoms with Crippen molar-refractivity contribution in [2.45, 2.75) is 26.8 Å². The number of nitrogens with two attached hydrogens (primary N) is 1. The second kappa shape index (κ2) is 4.53. The molecule has 2 amide bonds. The Morgan fingerprint density at radius 3 is 2.39 bits per heavy atom. The molecule has 0 radical (unpaired) electrons. The van der Waals surface area contributed by atoms with E-state index < -0.39 is 0 Å². The lowest BCUT2D eigenvalue weighted by molar-refractivity contribution is 0.0637. The van der Waals surface area contributed by atoms with Crippen molar-refractivity contribution < 1.29 is 9.59 Å². The van der Waals surface area contributed by atoms with E-state index in [2.05, 4.69) is 0 Å². The van der Waals surface area contributed by atoms with Crippen LogP contribution in [0.15, 0.2) is 18.2 Å². The topological polar surface area (TPSA) is 63.4 Å². The van der Waals surface area contributed by atoms with Gasteiger partial charge in [0.05, 0.1) is 11.1 Å². The minimum atomic E-state index is -0.230. The SMILES string of the molecule is Cc1ccc2c(c1)C(=O)N(CC(N)C(C)C)C2=O. The summed E-state index contributed by atoms with van der Waals surface area (Å²) in [6.07, 6.45) is 0. The number of hydrogen-bond donors (Lipinski definition) is 1. The monoisotopic (exact) mass is 246 g/mol. The Labute approximate surface area is 107 Å². The molecule has 18 heavy (non-hydrogen) atoms. The molecule has 1 atom stereocenters. The highest BCUT2D eigenvalue weighted by Gasteiger charge is 2.36. The number of rotatable bonds is 3. The van der Waals surface area contributed by atoms with Gasteiger partial charge in [-0.15, -0.1) is 0 Å². The lowest BCUT2D eigenvalue weighted by atomic mass is 10.1. The smallest absolute Gasteiger partial charge is 0.261 e. The average molecular weight is 246 g/mol. The summed E-state index contributed by atoms with van der Waals surface area (Å²) in [6, 6.07) is 5.13. The summed E-state index contributed by atoms with van der Waals surface area (Å²) in [7, 11) is 0. The summed E-state index contributed by atoms with van der Waals surface area (Å²) >= 11 is 0. The molecule has 96 valence electrons. The Kier molecular flexibility index (Phi) is 3.22. The Balaban J connectivity index is 2.29. The van der Waals surface area contributed by atoms with Gasteiger partial charge in [-0.05, 0) is 25.0 Å². The lowest BCUT2D eigenvalue weighted by Gasteiger charge is -2.21. The van der Waals surface area contributed by atoms with Crippen molar-refractivity contribution in [2.24, 2.45) is 11.7 Å². The van der Waals surface area contributed by atoms with Crippen molar-refractivity contribution in [3.8, 4) is 0 Å². The van der Waals surface area contributed by atoms with Gasteiger partial charge in [0.15, 0.2) is 0 Å². The summed E-state index contributed by atoms with van der Waals surface area (Å²) in [5.74, 6) is -0.225. The highest BCUT2D eigenvalue weighted by atomic mass is 16.2. The fraction of sp³-hybridized carbons (Fsp3) is 0.429. The summed E-state index contributed by atoms with van der Waals surface area (Å²) in [6.45, 7) is 6.14. The molecule has 0 aromatic heterocycles. The average Bonchev–Trinajstić information content (AvgIpc) is 2.54. The van der Waals surface area contributed by atoms with Crippen LogP contribution in [-0.2, 0) is 0 Å². The first-order chi connectivity index (χ1) is 8.41. The molecule has 1 aromatic carbocycles. The van der Waals surface area contributed by atoms with Crippen LogP contribution < -0.4 is 5.73 Å². The highest BCUT2D eigenvalue weighted by molar-refractivity contribution is 6.21. The standard InChI is InChI=1S/C14H18N2O2/c1-8(2)12(15)7-16-13(17)10-5-4-9(3)6-11(10)14(16)18/h4-6,8,12H,7,15H2,1-3H3. The van der Waals surface area contributed by atoms with Gasteiger partial charge in [0.25, 0.3) is 11.8 Å². The van der Waals surface area contributed by atoms with E-state index in [1.807, 2.05) is 26.8 Å². The zero-order valence-electron chi connectivity index (χ0n) is 10.9. The van der Waals surface area contributed by atoms with E-state index in [0.29, 0.717) is 11.1 Å². The molecule has 0 bridgehead atoms. The Bertz CT molecular complexity index is 509. The van der Waals surface area contributed by atoms with E-state index in [9.17, 15) is 9.59 Å². The van der Waals surface area contributed by atoms with Gasteiger partial charge in [-0.3, -0.25) is 14.5 Å². The number of hydrogen-bond acceptors (Lipinski definition) is 3. The highest BCUT2D eigenvalue weighted by Crippen LogP contribution is 2.24. The number of carbonyl (C=O) groups excluding carboxylic acids is 2. The van der Waals surface area contributed by atoms with E-state index in [-0.39, 0.29) is 30.3 Å². The van der Waals surface area contributed by atoms with Gasteiger partial charge in [0.1, 0.15) is 0 Å². The normalized spacial score (nSPS) is 16.4. The van der Waals surface area contributed by atoms with Gasteiger partial charge in [0.2, 0.25) is 0 Å². The summed E-state index contributed by atoms with van der Waals surface area (Å²) in [5.41, 5.74) is 7.90. The predicted octanol–water partition coefficient (Wildman–Crippen LogP) is 1.57. The first kappa shape index (κ1) is 12.8. The number of carbonyl (C=O) groups is 2. The molecule has 0 fully saturated rings. The number of nitrogens with zero attached hydrogens (tertiary/aromatic N) is 1. The molecule has 1 aromatic rings. The first-order valence-electron chi connectivity index (χ1n) is 6.14. The Hall–Kier alpha value is -1.68. The van der Waals surface area contributed by atoms with Crippen LogP contribution in [0.2, 0.25) is 0 Å². The van der Waals surface area contributed by atoms with Crippen molar-refractivity contribution in [1.29, 1.82) is 0 Å². The molecule has 4 heteroatoms. The molecule has 2 rings (SSSR count). The molecule has 0 spiro atoms. The largest absolute Gasteiger partial charge is 0.326 e. The zero-order valence-corrected chi connectivity index (χ0v) is 10.9. The summed E-state index contributed by atoms with van der Waals surface area (Å²) in [4.78, 5) is 25.6. The van der Waals surface area contributed by atoms with Crippen LogP contribution in [0.1, 0.15) is 40.1 Å². The van der Waals surface area contributed by atoms with Crippen molar-refractivity contribution in [3.05, 3.63) is 34.9 Å². The third-order valence-corrected chi connectivity index (χ3v) is 3.38. The van der Waals surface area contributed by atoms with Crippen molar-refractivity contribution in [2.75, 3.05) is 6.54 Å². The van der Waals surface area contributed by atoms with E-state index in [0.717, 1.165) is 5.56 Å². The molecule has 1 aliphatic heterocycles. The van der Waals surface area contributed by atoms with Gasteiger partial charge < -0.3 is 5.73 Å². The molecule has 2 N–H and O–H groups in total. The minimum absolute atomic E-state index is 0.187. The number of fused-ring (bicyclic) bond motifs is 1.